The minimum Gasteiger partial charge on any atom is -0.493 e. The van der Waals surface area contributed by atoms with Gasteiger partial charge in [-0.2, -0.15) is 0 Å². The smallest absolute Gasteiger partial charge is 0.229 e. The minimum absolute atomic E-state index is 0.0613. The highest BCUT2D eigenvalue weighted by atomic mass is 16.5. The molecular weight excluding hydrogens is 288 g/mol. The van der Waals surface area contributed by atoms with E-state index in [0.717, 1.165) is 4.90 Å². The molecule has 1 saturated heterocycles. The number of likely N-dealkylation sites (tertiary alicyclic amines) is 1. The standard InChI is InChI=1S/C15H18N2O5/c1-21-11-4-3-10(9-12(11)22-2)16-13(18)7-8-17-14(19)5-6-15(17)20/h3-4,9H,5-8H2,1-2H3,(H,16,18). The molecule has 0 aliphatic carbocycles. The second kappa shape index (κ2) is 6.93. The summed E-state index contributed by atoms with van der Waals surface area (Å²) >= 11 is 0. The van der Waals surface area contributed by atoms with E-state index in [0.29, 0.717) is 17.2 Å². The predicted octanol–water partition coefficient (Wildman–Crippen LogP) is 1.18. The number of nitrogens with zero attached hydrogens (tertiary/aromatic N) is 1. The first-order chi connectivity index (χ1) is 10.5. The highest BCUT2D eigenvalue weighted by Crippen LogP contribution is 2.29. The van der Waals surface area contributed by atoms with E-state index in [2.05, 4.69) is 5.32 Å². The van der Waals surface area contributed by atoms with E-state index in [-0.39, 0.29) is 43.5 Å². The fraction of sp³-hybridized carbons (Fsp3) is 0.400. The number of methoxy groups -OCH3 is 2. The number of hydrogen-bond donors (Lipinski definition) is 1. The highest BCUT2D eigenvalue weighted by Gasteiger charge is 2.28. The van der Waals surface area contributed by atoms with Crippen LogP contribution in [-0.2, 0) is 14.4 Å². The number of nitrogens with one attached hydrogen (secondary N) is 1. The lowest BCUT2D eigenvalue weighted by molar-refractivity contribution is -0.138. The summed E-state index contributed by atoms with van der Waals surface area (Å²) in [6, 6.07) is 5.01. The van der Waals surface area contributed by atoms with Gasteiger partial charge >= 0.3 is 0 Å². The maximum atomic E-state index is 11.9. The maximum absolute atomic E-state index is 11.9. The third-order valence-corrected chi connectivity index (χ3v) is 3.38. The van der Waals surface area contributed by atoms with Crippen molar-refractivity contribution in [3.8, 4) is 11.5 Å². The first-order valence-corrected chi connectivity index (χ1v) is 6.90. The number of ether oxygens (including phenoxy) is 2. The van der Waals surface area contributed by atoms with Crippen LogP contribution in [0.3, 0.4) is 0 Å². The Kier molecular flexibility index (Phi) is 4.98. The average molecular weight is 306 g/mol. The number of imide groups is 1. The molecule has 3 amide bonds. The molecule has 7 nitrogen and oxygen atoms in total. The van der Waals surface area contributed by atoms with Gasteiger partial charge in [0.05, 0.1) is 14.2 Å². The lowest BCUT2D eigenvalue weighted by Gasteiger charge is -2.14. The van der Waals surface area contributed by atoms with Crippen molar-refractivity contribution in [1.82, 2.24) is 4.90 Å². The molecule has 0 bridgehead atoms. The lowest BCUT2D eigenvalue weighted by Crippen LogP contribution is -2.32. The van der Waals surface area contributed by atoms with Crippen LogP contribution in [0, 0.1) is 0 Å². The van der Waals surface area contributed by atoms with Crippen LogP contribution in [0.4, 0.5) is 5.69 Å². The van der Waals surface area contributed by atoms with Gasteiger partial charge in [0, 0.05) is 37.6 Å². The molecule has 1 aliphatic heterocycles. The molecule has 1 heterocycles. The predicted molar refractivity (Wildman–Crippen MR) is 78.7 cm³/mol. The summed E-state index contributed by atoms with van der Waals surface area (Å²) < 4.78 is 10.3. The third-order valence-electron chi connectivity index (χ3n) is 3.38. The summed E-state index contributed by atoms with van der Waals surface area (Å²) in [4.78, 5) is 35.9. The molecule has 118 valence electrons. The van der Waals surface area contributed by atoms with Gasteiger partial charge in [0.25, 0.3) is 0 Å². The van der Waals surface area contributed by atoms with Gasteiger partial charge in [0.15, 0.2) is 11.5 Å². The second-order valence-electron chi connectivity index (χ2n) is 4.81. The Morgan fingerprint density at radius 1 is 1.14 bits per heavy atom. The van der Waals surface area contributed by atoms with Gasteiger partial charge in [-0.1, -0.05) is 0 Å². The molecule has 1 aromatic carbocycles. The number of amides is 3. The number of carbonyl (C=O) groups is 3. The summed E-state index contributed by atoms with van der Waals surface area (Å²) in [7, 11) is 3.04. The van der Waals surface area contributed by atoms with E-state index in [1.807, 2.05) is 0 Å². The molecular formula is C15H18N2O5. The number of hydrogen-bond acceptors (Lipinski definition) is 5. The molecule has 22 heavy (non-hydrogen) atoms. The van der Waals surface area contributed by atoms with Gasteiger partial charge in [-0.05, 0) is 12.1 Å². The number of carbonyl (C=O) groups excluding carboxylic acids is 3. The minimum atomic E-state index is -0.278. The van der Waals surface area contributed by atoms with E-state index >= 15 is 0 Å². The molecule has 1 fully saturated rings. The third kappa shape index (κ3) is 3.55. The Morgan fingerprint density at radius 3 is 2.36 bits per heavy atom. The Labute approximate surface area is 128 Å². The van der Waals surface area contributed by atoms with E-state index in [1.54, 1.807) is 18.2 Å². The first kappa shape index (κ1) is 15.8. The molecule has 2 rings (SSSR count). The highest BCUT2D eigenvalue weighted by molar-refractivity contribution is 6.02. The fourth-order valence-electron chi connectivity index (χ4n) is 2.22. The first-order valence-electron chi connectivity index (χ1n) is 6.90. The van der Waals surface area contributed by atoms with Crippen LogP contribution in [0.15, 0.2) is 18.2 Å². The van der Waals surface area contributed by atoms with Crippen LogP contribution < -0.4 is 14.8 Å². The molecule has 7 heteroatoms. The van der Waals surface area contributed by atoms with Crippen LogP contribution in [0.25, 0.3) is 0 Å². The molecule has 0 saturated carbocycles. The SMILES string of the molecule is COc1ccc(NC(=O)CCN2C(=O)CCC2=O)cc1OC. The van der Waals surface area contributed by atoms with Crippen molar-refractivity contribution in [1.29, 1.82) is 0 Å². The van der Waals surface area contributed by atoms with Crippen molar-refractivity contribution < 1.29 is 23.9 Å². The largest absolute Gasteiger partial charge is 0.493 e. The van der Waals surface area contributed by atoms with Crippen LogP contribution in [0.2, 0.25) is 0 Å². The number of rotatable bonds is 6. The maximum Gasteiger partial charge on any atom is 0.229 e. The quantitative estimate of drug-likeness (QED) is 0.798. The van der Waals surface area contributed by atoms with E-state index < -0.39 is 0 Å². The van der Waals surface area contributed by atoms with Crippen molar-refractivity contribution in [3.63, 3.8) is 0 Å². The average Bonchev–Trinajstić information content (AvgIpc) is 2.83. The zero-order chi connectivity index (χ0) is 16.1. The molecule has 0 atom stereocenters. The van der Waals surface area contributed by atoms with Crippen LogP contribution in [-0.4, -0.2) is 43.4 Å². The number of anilines is 1. The van der Waals surface area contributed by atoms with Crippen LogP contribution in [0.1, 0.15) is 19.3 Å². The van der Waals surface area contributed by atoms with Crippen molar-refractivity contribution in [2.75, 3.05) is 26.1 Å². The second-order valence-corrected chi connectivity index (χ2v) is 4.81. The molecule has 1 aromatic rings. The van der Waals surface area contributed by atoms with Crippen molar-refractivity contribution in [2.45, 2.75) is 19.3 Å². The summed E-state index contributed by atoms with van der Waals surface area (Å²) in [5, 5.41) is 2.70. The Hall–Kier alpha value is -2.57. The van der Waals surface area contributed by atoms with E-state index in [9.17, 15) is 14.4 Å². The van der Waals surface area contributed by atoms with E-state index in [1.165, 1.54) is 14.2 Å². The van der Waals surface area contributed by atoms with Gasteiger partial charge in [-0.15, -0.1) is 0 Å². The van der Waals surface area contributed by atoms with Crippen molar-refractivity contribution >= 4 is 23.4 Å². The summed E-state index contributed by atoms with van der Waals surface area (Å²) in [5.41, 5.74) is 0.557. The van der Waals surface area contributed by atoms with Crippen LogP contribution >= 0.6 is 0 Å². The Morgan fingerprint density at radius 2 is 1.77 bits per heavy atom. The zero-order valence-corrected chi connectivity index (χ0v) is 12.5. The van der Waals surface area contributed by atoms with Crippen LogP contribution in [0.5, 0.6) is 11.5 Å². The molecule has 0 aromatic heterocycles. The van der Waals surface area contributed by atoms with Crippen molar-refractivity contribution in [2.24, 2.45) is 0 Å². The summed E-state index contributed by atoms with van der Waals surface area (Å²) in [5.74, 6) is 0.353. The Balaban J connectivity index is 1.92. The van der Waals surface area contributed by atoms with Crippen molar-refractivity contribution in [3.05, 3.63) is 18.2 Å². The summed E-state index contributed by atoms with van der Waals surface area (Å²) in [6.07, 6.45) is 0.526. The van der Waals surface area contributed by atoms with Gasteiger partial charge in [-0.25, -0.2) is 0 Å². The topological polar surface area (TPSA) is 84.9 Å². The molecule has 0 spiro atoms. The Bertz CT molecular complexity index is 584. The molecule has 1 N–H and O–H groups in total. The monoisotopic (exact) mass is 306 g/mol. The normalized spacial score (nSPS) is 14.2. The summed E-state index contributed by atoms with van der Waals surface area (Å²) in [6.45, 7) is 0.108. The van der Waals surface area contributed by atoms with E-state index in [4.69, 9.17) is 9.47 Å². The fourth-order valence-corrected chi connectivity index (χ4v) is 2.22. The number of benzene rings is 1. The van der Waals surface area contributed by atoms with Gasteiger partial charge in [0.2, 0.25) is 17.7 Å². The molecule has 0 unspecified atom stereocenters. The lowest BCUT2D eigenvalue weighted by atomic mass is 10.2. The molecule has 0 radical (unpaired) electrons. The van der Waals surface area contributed by atoms with Gasteiger partial charge < -0.3 is 14.8 Å². The zero-order valence-electron chi connectivity index (χ0n) is 12.5. The van der Waals surface area contributed by atoms with Gasteiger partial charge in [0.1, 0.15) is 0 Å². The molecule has 1 aliphatic rings. The van der Waals surface area contributed by atoms with Gasteiger partial charge in [-0.3, -0.25) is 19.3 Å².